The van der Waals surface area contributed by atoms with Crippen LogP contribution in [0.1, 0.15) is 30.6 Å². The molecule has 4 nitrogen and oxygen atoms in total. The normalized spacial score (nSPS) is 23.5. The molecule has 1 aromatic rings. The van der Waals surface area contributed by atoms with Gasteiger partial charge in [-0.3, -0.25) is 0 Å². The Kier molecular flexibility index (Phi) is 3.96. The first-order valence-corrected chi connectivity index (χ1v) is 7.57. The molecule has 0 saturated carbocycles. The summed E-state index contributed by atoms with van der Waals surface area (Å²) in [5.74, 6) is -0.426. The topological polar surface area (TPSA) is 33.1 Å². The van der Waals surface area contributed by atoms with Crippen LogP contribution in [0.3, 0.4) is 0 Å². The molecule has 3 heterocycles. The quantitative estimate of drug-likeness (QED) is 0.925. The third-order valence-electron chi connectivity index (χ3n) is 4.50. The molecule has 0 bridgehead atoms. The number of rotatable bonds is 3. The maximum atomic E-state index is 13.2. The Bertz CT molecular complexity index is 509. The van der Waals surface area contributed by atoms with E-state index in [1.807, 2.05) is 0 Å². The molecular formula is C14H21F3N4. The third kappa shape index (κ3) is 2.94. The minimum atomic E-state index is -4.37. The number of nitrogens with zero attached hydrogens (tertiary/aromatic N) is 3. The summed E-state index contributed by atoms with van der Waals surface area (Å²) < 4.78 is 41.2. The third-order valence-corrected chi connectivity index (χ3v) is 4.50. The second-order valence-electron chi connectivity index (χ2n) is 5.91. The molecule has 2 aliphatic rings. The average Bonchev–Trinajstić information content (AvgIpc) is 3.04. The van der Waals surface area contributed by atoms with E-state index in [9.17, 15) is 13.2 Å². The minimum absolute atomic E-state index is 0.291. The fraction of sp³-hybridized carbons (Fsp3) is 0.786. The van der Waals surface area contributed by atoms with E-state index in [0.717, 1.165) is 38.3 Å². The molecule has 1 unspecified atom stereocenters. The van der Waals surface area contributed by atoms with Gasteiger partial charge in [-0.2, -0.15) is 13.2 Å². The van der Waals surface area contributed by atoms with Crippen LogP contribution < -0.4 is 5.32 Å². The number of halogens is 3. The van der Waals surface area contributed by atoms with Gasteiger partial charge >= 0.3 is 6.18 Å². The summed E-state index contributed by atoms with van der Waals surface area (Å²) in [6.07, 6.45) is -2.78. The fourth-order valence-corrected chi connectivity index (χ4v) is 3.39. The summed E-state index contributed by atoms with van der Waals surface area (Å²) in [7, 11) is 0. The Morgan fingerprint density at radius 1 is 1.38 bits per heavy atom. The van der Waals surface area contributed by atoms with Gasteiger partial charge in [-0.15, -0.1) is 0 Å². The first kappa shape index (κ1) is 14.8. The van der Waals surface area contributed by atoms with Crippen LogP contribution in [0.2, 0.25) is 0 Å². The van der Waals surface area contributed by atoms with Crippen LogP contribution in [0, 0.1) is 5.92 Å². The highest BCUT2D eigenvalue weighted by Crippen LogP contribution is 2.32. The Hall–Kier alpha value is -1.08. The maximum Gasteiger partial charge on any atom is 0.449 e. The number of imidazole rings is 1. The zero-order chi connectivity index (χ0) is 15.0. The number of aromatic nitrogens is 2. The van der Waals surface area contributed by atoms with Gasteiger partial charge in [0.05, 0.1) is 5.69 Å². The van der Waals surface area contributed by atoms with Crippen LogP contribution >= 0.6 is 0 Å². The van der Waals surface area contributed by atoms with Crippen molar-refractivity contribution in [3.8, 4) is 0 Å². The largest absolute Gasteiger partial charge is 0.449 e. The van der Waals surface area contributed by atoms with Crippen molar-refractivity contribution in [2.45, 2.75) is 39.0 Å². The molecule has 118 valence electrons. The van der Waals surface area contributed by atoms with Crippen molar-refractivity contribution < 1.29 is 13.2 Å². The van der Waals surface area contributed by atoms with Crippen molar-refractivity contribution in [3.05, 3.63) is 17.2 Å². The highest BCUT2D eigenvalue weighted by atomic mass is 19.4. The molecule has 0 radical (unpaired) electrons. The molecule has 0 aromatic carbocycles. The number of hydrogen-bond acceptors (Lipinski definition) is 3. The zero-order valence-corrected chi connectivity index (χ0v) is 12.2. The molecule has 0 spiro atoms. The number of nitrogens with one attached hydrogen (secondary N) is 1. The van der Waals surface area contributed by atoms with E-state index < -0.39 is 12.0 Å². The highest BCUT2D eigenvalue weighted by molar-refractivity contribution is 5.21. The predicted molar refractivity (Wildman–Crippen MR) is 72.9 cm³/mol. The molecule has 2 aliphatic heterocycles. The molecule has 1 N–H and O–H groups in total. The SMILES string of the molecule is CCN1CCC(Cn2c(C(F)(F)F)nc3c2CCNC3)C1. The van der Waals surface area contributed by atoms with Gasteiger partial charge in [0.25, 0.3) is 0 Å². The van der Waals surface area contributed by atoms with Crippen molar-refractivity contribution in [1.82, 2.24) is 19.8 Å². The van der Waals surface area contributed by atoms with E-state index in [0.29, 0.717) is 31.1 Å². The molecule has 1 atom stereocenters. The van der Waals surface area contributed by atoms with Crippen LogP contribution in [0.15, 0.2) is 0 Å². The van der Waals surface area contributed by atoms with E-state index in [1.165, 1.54) is 4.57 Å². The Labute approximate surface area is 122 Å². The van der Waals surface area contributed by atoms with Gasteiger partial charge in [0.2, 0.25) is 5.82 Å². The average molecular weight is 302 g/mol. The first-order chi connectivity index (χ1) is 9.99. The van der Waals surface area contributed by atoms with Gasteiger partial charge < -0.3 is 14.8 Å². The van der Waals surface area contributed by atoms with E-state index >= 15 is 0 Å². The van der Waals surface area contributed by atoms with Crippen LogP contribution in [-0.2, 0) is 25.7 Å². The maximum absolute atomic E-state index is 13.2. The predicted octanol–water partition coefficient (Wildman–Crippen LogP) is 1.89. The lowest BCUT2D eigenvalue weighted by molar-refractivity contribution is -0.147. The molecular weight excluding hydrogens is 281 g/mol. The summed E-state index contributed by atoms with van der Waals surface area (Å²) >= 11 is 0. The van der Waals surface area contributed by atoms with Gasteiger partial charge in [-0.05, 0) is 25.4 Å². The molecule has 21 heavy (non-hydrogen) atoms. The highest BCUT2D eigenvalue weighted by Gasteiger charge is 2.40. The lowest BCUT2D eigenvalue weighted by atomic mass is 10.1. The van der Waals surface area contributed by atoms with Gasteiger partial charge in [-0.25, -0.2) is 4.98 Å². The molecule has 3 rings (SSSR count). The molecule has 1 fully saturated rings. The van der Waals surface area contributed by atoms with Crippen molar-refractivity contribution >= 4 is 0 Å². The molecule has 1 aromatic heterocycles. The Morgan fingerprint density at radius 3 is 2.86 bits per heavy atom. The Morgan fingerprint density at radius 2 is 2.19 bits per heavy atom. The summed E-state index contributed by atoms with van der Waals surface area (Å²) in [4.78, 5) is 6.16. The minimum Gasteiger partial charge on any atom is -0.324 e. The van der Waals surface area contributed by atoms with Crippen molar-refractivity contribution in [3.63, 3.8) is 0 Å². The lowest BCUT2D eigenvalue weighted by Crippen LogP contribution is -2.27. The summed E-state index contributed by atoms with van der Waals surface area (Å²) in [6.45, 7) is 6.54. The van der Waals surface area contributed by atoms with Gasteiger partial charge in [0, 0.05) is 38.3 Å². The van der Waals surface area contributed by atoms with Gasteiger partial charge in [-0.1, -0.05) is 6.92 Å². The first-order valence-electron chi connectivity index (χ1n) is 7.57. The standard InChI is InChI=1S/C14H21F3N4/c1-2-20-6-4-10(8-20)9-21-12-3-5-18-7-11(12)19-13(21)14(15,16)17/h10,18H,2-9H2,1H3. The van der Waals surface area contributed by atoms with Crippen LogP contribution in [0.4, 0.5) is 13.2 Å². The number of alkyl halides is 3. The summed E-state index contributed by atoms with van der Waals surface area (Å²) in [5.41, 5.74) is 1.34. The summed E-state index contributed by atoms with van der Waals surface area (Å²) in [5, 5.41) is 3.09. The number of likely N-dealkylation sites (tertiary alicyclic amines) is 1. The van der Waals surface area contributed by atoms with Crippen molar-refractivity contribution in [2.24, 2.45) is 5.92 Å². The van der Waals surface area contributed by atoms with E-state index in [2.05, 4.69) is 22.1 Å². The number of hydrogen-bond donors (Lipinski definition) is 1. The van der Waals surface area contributed by atoms with E-state index in [4.69, 9.17) is 0 Å². The molecule has 1 saturated heterocycles. The van der Waals surface area contributed by atoms with Gasteiger partial charge in [0.15, 0.2) is 0 Å². The van der Waals surface area contributed by atoms with Crippen molar-refractivity contribution in [2.75, 3.05) is 26.2 Å². The van der Waals surface area contributed by atoms with Crippen LogP contribution in [-0.4, -0.2) is 40.6 Å². The monoisotopic (exact) mass is 302 g/mol. The van der Waals surface area contributed by atoms with Crippen LogP contribution in [0.25, 0.3) is 0 Å². The van der Waals surface area contributed by atoms with Crippen LogP contribution in [0.5, 0.6) is 0 Å². The van der Waals surface area contributed by atoms with Gasteiger partial charge in [0.1, 0.15) is 0 Å². The second kappa shape index (κ2) is 5.61. The molecule has 0 amide bonds. The molecule has 7 heteroatoms. The number of fused-ring (bicyclic) bond motifs is 1. The molecule has 0 aliphatic carbocycles. The van der Waals surface area contributed by atoms with E-state index in [1.54, 1.807) is 0 Å². The zero-order valence-electron chi connectivity index (χ0n) is 12.2. The van der Waals surface area contributed by atoms with Crippen molar-refractivity contribution in [1.29, 1.82) is 0 Å². The second-order valence-corrected chi connectivity index (χ2v) is 5.91. The Balaban J connectivity index is 1.87. The lowest BCUT2D eigenvalue weighted by Gasteiger charge is -2.20. The van der Waals surface area contributed by atoms with E-state index in [-0.39, 0.29) is 0 Å². The smallest absolute Gasteiger partial charge is 0.324 e. The fourth-order valence-electron chi connectivity index (χ4n) is 3.39. The summed E-state index contributed by atoms with van der Waals surface area (Å²) in [6, 6.07) is 0.